The topological polar surface area (TPSA) is 49.5 Å². The van der Waals surface area contributed by atoms with Crippen LogP contribution < -0.4 is 0 Å². The zero-order chi connectivity index (χ0) is 12.8. The summed E-state index contributed by atoms with van der Waals surface area (Å²) in [5, 5.41) is 10.9. The summed E-state index contributed by atoms with van der Waals surface area (Å²) < 4.78 is 5.48. The highest BCUT2D eigenvalue weighted by atomic mass is 32.1. The van der Waals surface area contributed by atoms with Crippen LogP contribution in [0.1, 0.15) is 19.0 Å². The molecular formula is C13H18N2O2S. The molecule has 1 N–H and O–H groups in total. The van der Waals surface area contributed by atoms with Crippen molar-refractivity contribution in [3.05, 3.63) is 29.5 Å². The fraction of sp³-hybridized carbons (Fsp3) is 0.462. The zero-order valence-electron chi connectivity index (χ0n) is 10.5. The lowest BCUT2D eigenvalue weighted by molar-refractivity contribution is 0.224. The summed E-state index contributed by atoms with van der Waals surface area (Å²) in [5.74, 6) is 0.693. The third-order valence-electron chi connectivity index (χ3n) is 2.75. The smallest absolute Gasteiger partial charge is 0.236 e. The van der Waals surface area contributed by atoms with Crippen LogP contribution in [0.4, 0.5) is 0 Å². The maximum Gasteiger partial charge on any atom is 0.236 e. The molecule has 0 atom stereocenters. The van der Waals surface area contributed by atoms with E-state index in [4.69, 9.17) is 9.52 Å². The van der Waals surface area contributed by atoms with Crippen molar-refractivity contribution in [2.45, 2.75) is 19.9 Å². The second kappa shape index (κ2) is 6.68. The van der Waals surface area contributed by atoms with Crippen LogP contribution in [0.25, 0.3) is 10.8 Å². The van der Waals surface area contributed by atoms with Gasteiger partial charge in [0.05, 0.1) is 10.6 Å². The van der Waals surface area contributed by atoms with Gasteiger partial charge in [-0.15, -0.1) is 11.3 Å². The fourth-order valence-corrected chi connectivity index (χ4v) is 2.42. The van der Waals surface area contributed by atoms with Gasteiger partial charge in [0.15, 0.2) is 0 Å². The van der Waals surface area contributed by atoms with Gasteiger partial charge in [0.2, 0.25) is 5.89 Å². The lowest BCUT2D eigenvalue weighted by Gasteiger charge is -2.17. The highest BCUT2D eigenvalue weighted by Gasteiger charge is 2.10. The molecule has 0 unspecified atom stereocenters. The molecule has 2 aromatic rings. The highest BCUT2D eigenvalue weighted by molar-refractivity contribution is 7.13. The summed E-state index contributed by atoms with van der Waals surface area (Å²) >= 11 is 1.62. The van der Waals surface area contributed by atoms with E-state index in [2.05, 4.69) is 16.8 Å². The van der Waals surface area contributed by atoms with Crippen molar-refractivity contribution in [2.24, 2.45) is 0 Å². The number of aliphatic hydroxyl groups is 1. The fourth-order valence-electron chi connectivity index (χ4n) is 1.77. The molecule has 0 bridgehead atoms. The summed E-state index contributed by atoms with van der Waals surface area (Å²) in [5.41, 5.74) is 0.943. The van der Waals surface area contributed by atoms with Crippen LogP contribution in [-0.4, -0.2) is 34.7 Å². The van der Waals surface area contributed by atoms with Gasteiger partial charge in [-0.2, -0.15) is 0 Å². The average Bonchev–Trinajstić information content (AvgIpc) is 3.04. The van der Waals surface area contributed by atoms with Gasteiger partial charge in [-0.25, -0.2) is 4.98 Å². The van der Waals surface area contributed by atoms with Crippen LogP contribution in [0, 0.1) is 0 Å². The van der Waals surface area contributed by atoms with E-state index < -0.39 is 0 Å². The summed E-state index contributed by atoms with van der Waals surface area (Å²) in [6, 6.07) is 3.99. The standard InChI is InChI=1S/C13H18N2O2S/c1-2-15(6-4-7-16)9-11-10-17-13(14-11)12-5-3-8-18-12/h3,5,8,10,16H,2,4,6-7,9H2,1H3. The molecule has 2 heterocycles. The van der Waals surface area contributed by atoms with Crippen molar-refractivity contribution in [2.75, 3.05) is 19.7 Å². The molecule has 0 fully saturated rings. The van der Waals surface area contributed by atoms with E-state index in [1.54, 1.807) is 17.6 Å². The second-order valence-corrected chi connectivity index (χ2v) is 5.01. The van der Waals surface area contributed by atoms with E-state index in [9.17, 15) is 0 Å². The van der Waals surface area contributed by atoms with Crippen molar-refractivity contribution < 1.29 is 9.52 Å². The summed E-state index contributed by atoms with van der Waals surface area (Å²) in [6.45, 7) is 4.94. The van der Waals surface area contributed by atoms with E-state index in [1.165, 1.54) is 0 Å². The van der Waals surface area contributed by atoms with Crippen molar-refractivity contribution in [1.82, 2.24) is 9.88 Å². The van der Waals surface area contributed by atoms with Gasteiger partial charge >= 0.3 is 0 Å². The Labute approximate surface area is 111 Å². The Morgan fingerprint density at radius 1 is 1.50 bits per heavy atom. The number of thiophene rings is 1. The molecule has 0 amide bonds. The van der Waals surface area contributed by atoms with E-state index in [0.717, 1.165) is 36.6 Å². The number of aromatic nitrogens is 1. The summed E-state index contributed by atoms with van der Waals surface area (Å²) in [6.07, 6.45) is 2.51. The second-order valence-electron chi connectivity index (χ2n) is 4.07. The lowest BCUT2D eigenvalue weighted by Crippen LogP contribution is -2.24. The van der Waals surface area contributed by atoms with Gasteiger partial charge in [0, 0.05) is 19.7 Å². The third kappa shape index (κ3) is 3.41. The Hall–Kier alpha value is -1.17. The van der Waals surface area contributed by atoms with Crippen LogP contribution in [0.15, 0.2) is 28.2 Å². The molecule has 98 valence electrons. The van der Waals surface area contributed by atoms with Crippen LogP contribution in [0.3, 0.4) is 0 Å². The maximum atomic E-state index is 8.85. The average molecular weight is 266 g/mol. The first-order valence-electron chi connectivity index (χ1n) is 6.15. The molecule has 0 aliphatic rings. The minimum absolute atomic E-state index is 0.232. The Morgan fingerprint density at radius 3 is 3.06 bits per heavy atom. The lowest BCUT2D eigenvalue weighted by atomic mass is 10.3. The van der Waals surface area contributed by atoms with Gasteiger partial charge in [0.25, 0.3) is 0 Å². The van der Waals surface area contributed by atoms with Gasteiger partial charge in [-0.3, -0.25) is 4.90 Å². The Kier molecular flexibility index (Phi) is 4.92. The van der Waals surface area contributed by atoms with Crippen molar-refractivity contribution in [3.63, 3.8) is 0 Å². The van der Waals surface area contributed by atoms with Gasteiger partial charge < -0.3 is 9.52 Å². The number of rotatable bonds is 7. The summed E-state index contributed by atoms with van der Waals surface area (Å²) in [7, 11) is 0. The molecule has 4 nitrogen and oxygen atoms in total. The first-order chi connectivity index (χ1) is 8.83. The first-order valence-corrected chi connectivity index (χ1v) is 7.03. The van der Waals surface area contributed by atoms with Gasteiger partial charge in [-0.1, -0.05) is 13.0 Å². The van der Waals surface area contributed by atoms with Crippen molar-refractivity contribution in [3.8, 4) is 10.8 Å². The molecule has 5 heteroatoms. The van der Waals surface area contributed by atoms with Crippen LogP contribution in [-0.2, 0) is 6.54 Å². The molecular weight excluding hydrogens is 248 g/mol. The van der Waals surface area contributed by atoms with E-state index in [0.29, 0.717) is 5.89 Å². The largest absolute Gasteiger partial charge is 0.444 e. The Balaban J connectivity index is 1.97. The van der Waals surface area contributed by atoms with E-state index >= 15 is 0 Å². The molecule has 0 radical (unpaired) electrons. The quantitative estimate of drug-likeness (QED) is 0.837. The van der Waals surface area contributed by atoms with Gasteiger partial charge in [0.1, 0.15) is 6.26 Å². The number of aliphatic hydroxyl groups excluding tert-OH is 1. The molecule has 0 aliphatic carbocycles. The predicted octanol–water partition coefficient (Wildman–Crippen LogP) is 2.61. The molecule has 0 saturated carbocycles. The normalized spacial score (nSPS) is 11.3. The number of hydrogen-bond acceptors (Lipinski definition) is 5. The molecule has 0 saturated heterocycles. The highest BCUT2D eigenvalue weighted by Crippen LogP contribution is 2.23. The molecule has 2 rings (SSSR count). The van der Waals surface area contributed by atoms with Crippen LogP contribution >= 0.6 is 11.3 Å². The van der Waals surface area contributed by atoms with E-state index in [1.807, 2.05) is 17.5 Å². The maximum absolute atomic E-state index is 8.85. The molecule has 18 heavy (non-hydrogen) atoms. The zero-order valence-corrected chi connectivity index (χ0v) is 11.3. The summed E-state index contributed by atoms with van der Waals surface area (Å²) in [4.78, 5) is 7.79. The number of oxazole rings is 1. The molecule has 2 aromatic heterocycles. The number of hydrogen-bond donors (Lipinski definition) is 1. The molecule has 0 aliphatic heterocycles. The predicted molar refractivity (Wildman–Crippen MR) is 72.5 cm³/mol. The number of nitrogens with zero attached hydrogens (tertiary/aromatic N) is 2. The minimum atomic E-state index is 0.232. The first kappa shape index (κ1) is 13.3. The SMILES string of the molecule is CCN(CCCO)Cc1coc(-c2cccs2)n1. The monoisotopic (exact) mass is 266 g/mol. The van der Waals surface area contributed by atoms with E-state index in [-0.39, 0.29) is 6.61 Å². The van der Waals surface area contributed by atoms with Crippen LogP contribution in [0.5, 0.6) is 0 Å². The third-order valence-corrected chi connectivity index (χ3v) is 3.61. The molecule has 0 aromatic carbocycles. The Bertz CT molecular complexity index is 453. The Morgan fingerprint density at radius 2 is 2.39 bits per heavy atom. The van der Waals surface area contributed by atoms with Gasteiger partial charge in [-0.05, 0) is 24.4 Å². The van der Waals surface area contributed by atoms with Crippen molar-refractivity contribution in [1.29, 1.82) is 0 Å². The minimum Gasteiger partial charge on any atom is -0.444 e. The van der Waals surface area contributed by atoms with Crippen LogP contribution in [0.2, 0.25) is 0 Å². The van der Waals surface area contributed by atoms with Crippen molar-refractivity contribution >= 4 is 11.3 Å². The molecule has 0 spiro atoms.